The molecule has 1 aromatic heterocycles. The minimum atomic E-state index is -0.555. The van der Waals surface area contributed by atoms with Crippen molar-refractivity contribution in [3.63, 3.8) is 0 Å². The molecule has 23 heavy (non-hydrogen) atoms. The molecule has 1 aromatic rings. The van der Waals surface area contributed by atoms with Crippen molar-refractivity contribution in [3.8, 4) is 0 Å². The lowest BCUT2D eigenvalue weighted by Crippen LogP contribution is -2.70. The van der Waals surface area contributed by atoms with Gasteiger partial charge in [-0.1, -0.05) is 32.3 Å². The molecule has 0 aromatic carbocycles. The van der Waals surface area contributed by atoms with Crippen LogP contribution in [0.5, 0.6) is 0 Å². The summed E-state index contributed by atoms with van der Waals surface area (Å²) in [6, 6.07) is 3.91. The number of hydrogen-bond donors (Lipinski definition) is 0. The van der Waals surface area contributed by atoms with E-state index >= 15 is 0 Å². The van der Waals surface area contributed by atoms with E-state index < -0.39 is 5.60 Å². The van der Waals surface area contributed by atoms with Gasteiger partial charge in [-0.25, -0.2) is 4.79 Å². The summed E-state index contributed by atoms with van der Waals surface area (Å²) in [4.78, 5) is 12.4. The fourth-order valence-electron chi connectivity index (χ4n) is 5.95. The highest BCUT2D eigenvalue weighted by molar-refractivity contribution is 5.87. The smallest absolute Gasteiger partial charge is 0.334 e. The molecule has 1 heterocycles. The number of ether oxygens (including phenoxy) is 1. The molecule has 3 heteroatoms. The molecule has 3 aliphatic rings. The zero-order chi connectivity index (χ0) is 16.1. The highest BCUT2D eigenvalue weighted by atomic mass is 16.6. The average Bonchev–Trinajstić information content (AvgIpc) is 3.06. The van der Waals surface area contributed by atoms with Crippen molar-refractivity contribution in [2.75, 3.05) is 0 Å². The van der Waals surface area contributed by atoms with Crippen LogP contribution in [0.1, 0.15) is 64.1 Å². The standard InChI is InChI=1S/C20H26O3/c1-14(2)18(21)23-20(17-10-7-13-22-17)15-8-3-5-11-19(15)12-6-4-9-16(19)20/h7,10,13,15-16H,1,3-6,8-9,11-12H2,2H3. The molecule has 3 fully saturated rings. The minimum absolute atomic E-state index is 0.272. The van der Waals surface area contributed by atoms with Gasteiger partial charge in [-0.3, -0.25) is 0 Å². The van der Waals surface area contributed by atoms with E-state index in [-0.39, 0.29) is 5.97 Å². The summed E-state index contributed by atoms with van der Waals surface area (Å²) in [6.45, 7) is 5.51. The van der Waals surface area contributed by atoms with Crippen LogP contribution in [0.15, 0.2) is 35.0 Å². The maximum absolute atomic E-state index is 12.4. The Balaban J connectivity index is 1.79. The summed E-state index contributed by atoms with van der Waals surface area (Å²) in [7, 11) is 0. The van der Waals surface area contributed by atoms with Gasteiger partial charge in [0.05, 0.1) is 6.26 Å². The van der Waals surface area contributed by atoms with Gasteiger partial charge in [0.1, 0.15) is 5.76 Å². The average molecular weight is 314 g/mol. The second kappa shape index (κ2) is 5.25. The van der Waals surface area contributed by atoms with Gasteiger partial charge in [0.15, 0.2) is 5.60 Å². The lowest BCUT2D eigenvalue weighted by atomic mass is 9.36. The quantitative estimate of drug-likeness (QED) is 0.584. The number of furan rings is 1. The van der Waals surface area contributed by atoms with E-state index in [0.717, 1.165) is 18.6 Å². The van der Waals surface area contributed by atoms with Crippen LogP contribution in [0.4, 0.5) is 0 Å². The Kier molecular flexibility index (Phi) is 3.44. The van der Waals surface area contributed by atoms with Gasteiger partial charge in [0, 0.05) is 17.4 Å². The predicted octanol–water partition coefficient (Wildman–Crippen LogP) is 4.97. The molecular formula is C20H26O3. The molecule has 0 amide bonds. The number of rotatable bonds is 3. The first-order chi connectivity index (χ1) is 11.1. The minimum Gasteiger partial charge on any atom is -0.465 e. The molecule has 0 N–H and O–H groups in total. The Morgan fingerprint density at radius 1 is 1.22 bits per heavy atom. The van der Waals surface area contributed by atoms with Crippen LogP contribution in [0, 0.1) is 17.3 Å². The van der Waals surface area contributed by atoms with Crippen LogP contribution >= 0.6 is 0 Å². The Bertz CT molecular complexity index is 591. The Morgan fingerprint density at radius 3 is 2.39 bits per heavy atom. The van der Waals surface area contributed by atoms with Crippen LogP contribution in [-0.2, 0) is 15.1 Å². The van der Waals surface area contributed by atoms with Crippen LogP contribution in [0.2, 0.25) is 0 Å². The van der Waals surface area contributed by atoms with Gasteiger partial charge in [-0.15, -0.1) is 0 Å². The summed E-state index contributed by atoms with van der Waals surface area (Å²) in [5.74, 6) is 1.39. The van der Waals surface area contributed by atoms with E-state index in [2.05, 4.69) is 6.58 Å². The molecule has 4 rings (SSSR count). The molecule has 124 valence electrons. The van der Waals surface area contributed by atoms with Gasteiger partial charge in [-0.05, 0) is 50.2 Å². The normalized spacial score (nSPS) is 38.8. The number of hydrogen-bond acceptors (Lipinski definition) is 3. The highest BCUT2D eigenvalue weighted by Crippen LogP contribution is 2.74. The van der Waals surface area contributed by atoms with Crippen molar-refractivity contribution >= 4 is 5.97 Å². The van der Waals surface area contributed by atoms with Crippen molar-refractivity contribution in [3.05, 3.63) is 36.3 Å². The van der Waals surface area contributed by atoms with E-state index in [1.165, 1.54) is 38.5 Å². The zero-order valence-corrected chi connectivity index (χ0v) is 14.0. The van der Waals surface area contributed by atoms with Gasteiger partial charge >= 0.3 is 5.97 Å². The summed E-state index contributed by atoms with van der Waals surface area (Å²) < 4.78 is 12.0. The summed E-state index contributed by atoms with van der Waals surface area (Å²) in [5.41, 5.74) is 0.291. The molecule has 2 atom stereocenters. The molecule has 0 radical (unpaired) electrons. The Hall–Kier alpha value is -1.51. The van der Waals surface area contributed by atoms with Crippen molar-refractivity contribution in [1.29, 1.82) is 0 Å². The van der Waals surface area contributed by atoms with Gasteiger partial charge < -0.3 is 9.15 Å². The van der Waals surface area contributed by atoms with E-state index in [0.29, 0.717) is 22.8 Å². The first-order valence-electron chi connectivity index (χ1n) is 9.04. The number of carbonyl (C=O) groups excluding carboxylic acids is 1. The summed E-state index contributed by atoms with van der Waals surface area (Å²) in [6.07, 6.45) is 11.6. The van der Waals surface area contributed by atoms with Gasteiger partial charge in [-0.2, -0.15) is 0 Å². The summed E-state index contributed by atoms with van der Waals surface area (Å²) >= 11 is 0. The maximum Gasteiger partial charge on any atom is 0.334 e. The Labute approximate surface area is 138 Å². The van der Waals surface area contributed by atoms with Gasteiger partial charge in [0.25, 0.3) is 0 Å². The maximum atomic E-state index is 12.4. The second-order valence-corrected chi connectivity index (χ2v) is 7.77. The van der Waals surface area contributed by atoms with E-state index in [4.69, 9.17) is 9.15 Å². The second-order valence-electron chi connectivity index (χ2n) is 7.77. The summed E-state index contributed by atoms with van der Waals surface area (Å²) in [5, 5.41) is 0. The molecule has 2 unspecified atom stereocenters. The molecular weight excluding hydrogens is 288 g/mol. The third-order valence-electron chi connectivity index (χ3n) is 6.71. The molecule has 0 bridgehead atoms. The third kappa shape index (κ3) is 1.91. The molecule has 3 nitrogen and oxygen atoms in total. The van der Waals surface area contributed by atoms with Crippen LogP contribution < -0.4 is 0 Å². The van der Waals surface area contributed by atoms with Crippen LogP contribution in [0.25, 0.3) is 0 Å². The van der Waals surface area contributed by atoms with Crippen LogP contribution in [0.3, 0.4) is 0 Å². The SMILES string of the molecule is C=C(C)C(=O)OC1(c2ccco2)C2CCCCC23CCCCC31. The lowest BCUT2D eigenvalue weighted by molar-refractivity contribution is -0.304. The first-order valence-corrected chi connectivity index (χ1v) is 9.04. The fraction of sp³-hybridized carbons (Fsp3) is 0.650. The van der Waals surface area contributed by atoms with Crippen molar-refractivity contribution in [1.82, 2.24) is 0 Å². The fourth-order valence-corrected chi connectivity index (χ4v) is 5.95. The largest absolute Gasteiger partial charge is 0.465 e. The van der Waals surface area contributed by atoms with Crippen LogP contribution in [-0.4, -0.2) is 5.97 Å². The highest BCUT2D eigenvalue weighted by Gasteiger charge is 2.74. The molecule has 0 aliphatic heterocycles. The van der Waals surface area contributed by atoms with Crippen molar-refractivity contribution in [2.45, 2.75) is 63.9 Å². The van der Waals surface area contributed by atoms with E-state index in [1.54, 1.807) is 13.2 Å². The predicted molar refractivity (Wildman–Crippen MR) is 87.6 cm³/mol. The molecule has 3 aliphatic carbocycles. The number of carbonyl (C=O) groups is 1. The first kappa shape index (κ1) is 15.0. The Morgan fingerprint density at radius 2 is 1.87 bits per heavy atom. The molecule has 1 spiro atoms. The van der Waals surface area contributed by atoms with E-state index in [9.17, 15) is 4.79 Å². The molecule has 0 saturated heterocycles. The van der Waals surface area contributed by atoms with Crippen molar-refractivity contribution in [2.24, 2.45) is 17.3 Å². The third-order valence-corrected chi connectivity index (χ3v) is 6.71. The lowest BCUT2D eigenvalue weighted by Gasteiger charge is -2.70. The number of esters is 1. The zero-order valence-electron chi connectivity index (χ0n) is 14.0. The molecule has 3 saturated carbocycles. The van der Waals surface area contributed by atoms with Gasteiger partial charge in [0.2, 0.25) is 0 Å². The monoisotopic (exact) mass is 314 g/mol. The van der Waals surface area contributed by atoms with E-state index in [1.807, 2.05) is 12.1 Å². The topological polar surface area (TPSA) is 39.4 Å². The van der Waals surface area contributed by atoms with Crippen molar-refractivity contribution < 1.29 is 13.9 Å².